The average molecular weight is 1830 g/mol. The number of benzene rings is 19. The summed E-state index contributed by atoms with van der Waals surface area (Å²) < 4.78 is 8.20. The largest absolute Gasteiger partial charge is 0.456 e. The summed E-state index contributed by atoms with van der Waals surface area (Å²) in [6.45, 7) is 11.5. The van der Waals surface area contributed by atoms with Gasteiger partial charge in [-0.1, -0.05) is 370 Å². The predicted molar refractivity (Wildman–Crippen MR) is 581 cm³/mol. The molecule has 0 aliphatic rings. The Labute approximate surface area is 819 Å². The highest BCUT2D eigenvalue weighted by Crippen LogP contribution is 2.41. The van der Waals surface area contributed by atoms with Crippen molar-refractivity contribution in [1.82, 2.24) is 74.3 Å². The first-order chi connectivity index (χ1) is 69.8. The van der Waals surface area contributed by atoms with E-state index in [-0.39, 0.29) is 0 Å². The van der Waals surface area contributed by atoms with Crippen molar-refractivity contribution in [2.45, 2.75) is 41.5 Å². The average Bonchev–Trinajstić information content (AvgIpc) is 1.06. The smallest absolute Gasteiger partial charge is 0.238 e. The van der Waals surface area contributed by atoms with Crippen LogP contribution in [0.25, 0.3) is 227 Å². The molecule has 0 bridgehead atoms. The second-order valence-electron chi connectivity index (χ2n) is 34.8. The van der Waals surface area contributed by atoms with Crippen LogP contribution >= 0.6 is 0 Å². The maximum atomic E-state index is 6.09. The van der Waals surface area contributed by atoms with Crippen molar-refractivity contribution in [3.05, 3.63) is 478 Å². The molecule has 27 rings (SSSR count). The van der Waals surface area contributed by atoms with E-state index in [1.807, 2.05) is 205 Å². The highest BCUT2D eigenvalue weighted by Gasteiger charge is 2.21. The SMILES string of the molecule is Cc1nc(-c2ccc(-c3ccccc3)cc2)c2ccccc2n1.Cc1nc(-c2ccc3c(c2)oc2ccccc23)nc(-n2c3ccccc3c3ccccc32)n1.Cc1nc(-c2ccc3c4ccccc4c4ccccc4c3c2)c2ccccc2n1.Cc1nc(-c2ccccc2)c2ccccc2n1.Cc1nc(-c2ccccc2)nc(-c2ccc(-c3ccc4ccccc4c3)cc2)n1.Cc1ncc2ccccc2n1. The monoisotopic (exact) mass is 1830 g/mol. The fourth-order valence-corrected chi connectivity index (χ4v) is 18.6. The van der Waals surface area contributed by atoms with Crippen molar-refractivity contribution < 1.29 is 4.42 Å². The summed E-state index contributed by atoms with van der Waals surface area (Å²) >= 11 is 0. The highest BCUT2D eigenvalue weighted by atomic mass is 16.3. The molecule has 8 heterocycles. The minimum absolute atomic E-state index is 0.611. The van der Waals surface area contributed by atoms with Crippen LogP contribution in [0.5, 0.6) is 0 Å². The Morgan fingerprint density at radius 1 is 0.176 bits per heavy atom. The molecule has 8 aromatic heterocycles. The minimum atomic E-state index is 0.611. The summed E-state index contributed by atoms with van der Waals surface area (Å²) in [5.74, 6) is 7.24. The first-order valence-corrected chi connectivity index (χ1v) is 47.3. The van der Waals surface area contributed by atoms with Gasteiger partial charge < -0.3 is 4.42 Å². The Bertz CT molecular complexity index is 9300. The van der Waals surface area contributed by atoms with E-state index < -0.39 is 0 Å². The first kappa shape index (κ1) is 88.5. The third kappa shape index (κ3) is 18.6. The van der Waals surface area contributed by atoms with Gasteiger partial charge in [0.25, 0.3) is 0 Å². The molecule has 0 atom stereocenters. The number of aromatic nitrogens is 15. The van der Waals surface area contributed by atoms with Crippen LogP contribution in [0.4, 0.5) is 0 Å². The van der Waals surface area contributed by atoms with Gasteiger partial charge in [0, 0.05) is 82.7 Å². The number of rotatable bonds is 9. The lowest BCUT2D eigenvalue weighted by Gasteiger charge is -2.12. The minimum Gasteiger partial charge on any atom is -0.456 e. The van der Waals surface area contributed by atoms with Gasteiger partial charge in [-0.15, -0.1) is 0 Å². The van der Waals surface area contributed by atoms with E-state index >= 15 is 0 Å². The molecule has 0 radical (unpaired) electrons. The maximum Gasteiger partial charge on any atom is 0.238 e. The molecule has 0 saturated heterocycles. The van der Waals surface area contributed by atoms with Gasteiger partial charge in [0.15, 0.2) is 17.5 Å². The standard InChI is InChI=1S/C28H18N4O.C27H18N2.C26H19N3.C21H16N2.C15H12N2.C9H8N2/c1-17-29-27(18-14-15-22-21-10-4-7-13-25(21)33-26(22)16-18)31-28(30-17)32-23-11-5-2-8-19(23)20-9-3-6-12-24(20)32;1-17-28-26-13-7-6-12-24(26)27(29-17)18-14-15-23-21-10-3-2-8-19(21)20-9-4-5-11-22(20)25(23)16-18;1-18-27-25(21-8-3-2-4-9-21)29-26(28-18)22-14-11-20(12-15-22)24-16-13-19-7-5-6-10-23(19)17-24;1-15-22-20-10-6-5-9-19(20)21(23-15)18-13-11-17(12-14-18)16-7-3-2-4-8-16;1-11-16-14-10-6-5-9-13(14)15(17-11)12-7-3-2-4-8-12;1-7-10-6-8-4-2-3-5-9(8)11-7/h2-16H,1H3;2-16H,1H3;2-17H,1H3;2-14H,1H3;2-10H,1H3;2-6H,1H3. The summed E-state index contributed by atoms with van der Waals surface area (Å²) in [6.07, 6.45) is 1.84. The van der Waals surface area contributed by atoms with E-state index in [2.05, 4.69) is 333 Å². The van der Waals surface area contributed by atoms with Gasteiger partial charge in [-0.3, -0.25) is 4.57 Å². The molecule has 16 nitrogen and oxygen atoms in total. The van der Waals surface area contributed by atoms with E-state index in [1.165, 1.54) is 76.1 Å². The number of aryl methyl sites for hydroxylation is 6. The van der Waals surface area contributed by atoms with Crippen molar-refractivity contribution in [2.75, 3.05) is 0 Å². The summed E-state index contributed by atoms with van der Waals surface area (Å²) in [5.41, 5.74) is 21.9. The molecule has 27 aromatic rings. The van der Waals surface area contributed by atoms with E-state index in [1.54, 1.807) is 0 Å². The van der Waals surface area contributed by atoms with Crippen molar-refractivity contribution in [3.8, 4) is 96.1 Å². The van der Waals surface area contributed by atoms with E-state index in [4.69, 9.17) is 24.4 Å². The van der Waals surface area contributed by atoms with Crippen LogP contribution < -0.4 is 0 Å². The van der Waals surface area contributed by atoms with Gasteiger partial charge in [0.1, 0.15) is 46.1 Å². The fraction of sp³-hybridized carbons (Fsp3) is 0.0476. The third-order valence-corrected chi connectivity index (χ3v) is 25.2. The third-order valence-electron chi connectivity index (χ3n) is 25.2. The first-order valence-electron chi connectivity index (χ1n) is 47.3. The van der Waals surface area contributed by atoms with Gasteiger partial charge in [-0.25, -0.2) is 59.8 Å². The molecule has 0 spiro atoms. The Hall–Kier alpha value is -18.8. The molecule has 142 heavy (non-hydrogen) atoms. The zero-order chi connectivity index (χ0) is 95.9. The van der Waals surface area contributed by atoms with Crippen molar-refractivity contribution in [1.29, 1.82) is 0 Å². The van der Waals surface area contributed by atoms with Gasteiger partial charge in [-0.2, -0.15) is 9.97 Å². The second-order valence-corrected chi connectivity index (χ2v) is 34.8. The van der Waals surface area contributed by atoms with Crippen molar-refractivity contribution >= 4 is 130 Å². The molecule has 19 aromatic carbocycles. The van der Waals surface area contributed by atoms with Crippen LogP contribution in [0.1, 0.15) is 34.9 Å². The molecular formula is C126H91N15O. The Balaban J connectivity index is 0.000000100. The van der Waals surface area contributed by atoms with Crippen LogP contribution in [0.3, 0.4) is 0 Å². The van der Waals surface area contributed by atoms with Crippen LogP contribution in [0.2, 0.25) is 0 Å². The molecule has 16 heteroatoms. The predicted octanol–water partition coefficient (Wildman–Crippen LogP) is 31.1. The second kappa shape index (κ2) is 39.5. The number of hydrogen-bond donors (Lipinski definition) is 0. The van der Waals surface area contributed by atoms with Crippen LogP contribution in [-0.4, -0.2) is 74.3 Å². The summed E-state index contributed by atoms with van der Waals surface area (Å²) in [4.78, 5) is 64.0. The summed E-state index contributed by atoms with van der Waals surface area (Å²) in [5, 5.41) is 19.1. The molecule has 0 saturated carbocycles. The number of para-hydroxylation sites is 7. The highest BCUT2D eigenvalue weighted by molar-refractivity contribution is 6.26. The number of furan rings is 1. The molecule has 0 unspecified atom stereocenters. The van der Waals surface area contributed by atoms with Gasteiger partial charge >= 0.3 is 0 Å². The Morgan fingerprint density at radius 2 is 0.514 bits per heavy atom. The lowest BCUT2D eigenvalue weighted by Crippen LogP contribution is -2.06. The fourth-order valence-electron chi connectivity index (χ4n) is 18.6. The molecule has 0 N–H and O–H groups in total. The van der Waals surface area contributed by atoms with E-state index in [9.17, 15) is 0 Å². The molecule has 676 valence electrons. The Morgan fingerprint density at radius 3 is 1.07 bits per heavy atom. The number of hydrogen-bond acceptors (Lipinski definition) is 15. The summed E-state index contributed by atoms with van der Waals surface area (Å²) in [7, 11) is 0. The molecule has 0 amide bonds. The molecular weight excluding hydrogens is 1740 g/mol. The zero-order valence-corrected chi connectivity index (χ0v) is 78.8. The van der Waals surface area contributed by atoms with Gasteiger partial charge in [-0.05, 0) is 174 Å². The Kier molecular flexibility index (Phi) is 24.6. The van der Waals surface area contributed by atoms with Crippen LogP contribution in [0.15, 0.2) is 447 Å². The van der Waals surface area contributed by atoms with E-state index in [0.29, 0.717) is 35.1 Å². The number of nitrogens with zero attached hydrogens (tertiary/aromatic N) is 15. The maximum absolute atomic E-state index is 6.09. The molecule has 0 aliphatic carbocycles. The quantitative estimate of drug-likeness (QED) is 0.124. The normalized spacial score (nSPS) is 11.2. The topological polar surface area (TPSA) is 199 Å². The van der Waals surface area contributed by atoms with Crippen LogP contribution in [-0.2, 0) is 0 Å². The van der Waals surface area contributed by atoms with Crippen LogP contribution in [0, 0.1) is 41.5 Å². The number of fused-ring (bicyclic) bond motifs is 17. The van der Waals surface area contributed by atoms with Gasteiger partial charge in [0.2, 0.25) is 5.95 Å². The lowest BCUT2D eigenvalue weighted by atomic mass is 9.92. The van der Waals surface area contributed by atoms with Gasteiger partial charge in [0.05, 0.1) is 50.2 Å². The lowest BCUT2D eigenvalue weighted by molar-refractivity contribution is 0.669. The van der Waals surface area contributed by atoms with E-state index in [0.717, 1.165) is 150 Å². The molecule has 0 fully saturated rings. The summed E-state index contributed by atoms with van der Waals surface area (Å²) in [6, 6.07) is 150. The van der Waals surface area contributed by atoms with Crippen molar-refractivity contribution in [2.24, 2.45) is 0 Å². The molecule has 0 aliphatic heterocycles. The van der Waals surface area contributed by atoms with Crippen molar-refractivity contribution in [3.63, 3.8) is 0 Å². The zero-order valence-electron chi connectivity index (χ0n) is 78.8.